The Balaban J connectivity index is 2.25. The van der Waals surface area contributed by atoms with Crippen molar-refractivity contribution in [3.63, 3.8) is 0 Å². The Morgan fingerprint density at radius 2 is 2.00 bits per heavy atom. The van der Waals surface area contributed by atoms with Crippen molar-refractivity contribution in [1.82, 2.24) is 5.32 Å². The summed E-state index contributed by atoms with van der Waals surface area (Å²) in [6.45, 7) is 3.08. The van der Waals surface area contributed by atoms with Gasteiger partial charge in [0.1, 0.15) is 11.4 Å². The van der Waals surface area contributed by atoms with Gasteiger partial charge in [0.25, 0.3) is 0 Å². The molecule has 1 heterocycles. The second kappa shape index (κ2) is 4.07. The molecule has 0 amide bonds. The first kappa shape index (κ1) is 12.5. The van der Waals surface area contributed by atoms with Crippen LogP contribution in [0.15, 0.2) is 18.2 Å². The molecule has 0 aromatic heterocycles. The number of alkyl halides is 3. The van der Waals surface area contributed by atoms with Crippen molar-refractivity contribution in [1.29, 1.82) is 0 Å². The molecule has 1 aliphatic heterocycles. The lowest BCUT2D eigenvalue weighted by atomic mass is 10.00. The van der Waals surface area contributed by atoms with E-state index in [0.29, 0.717) is 13.1 Å². The zero-order valence-corrected chi connectivity index (χ0v) is 9.82. The van der Waals surface area contributed by atoms with Crippen LogP contribution < -0.4 is 10.1 Å². The largest absolute Gasteiger partial charge is 0.485 e. The van der Waals surface area contributed by atoms with Gasteiger partial charge < -0.3 is 10.1 Å². The van der Waals surface area contributed by atoms with Gasteiger partial charge in [-0.2, -0.15) is 13.2 Å². The molecule has 17 heavy (non-hydrogen) atoms. The third-order valence-corrected chi connectivity index (χ3v) is 2.93. The molecule has 1 N–H and O–H groups in total. The molecule has 1 fully saturated rings. The van der Waals surface area contributed by atoms with Gasteiger partial charge in [-0.05, 0) is 25.1 Å². The quantitative estimate of drug-likeness (QED) is 0.887. The van der Waals surface area contributed by atoms with Crippen molar-refractivity contribution in [2.45, 2.75) is 18.7 Å². The molecular weight excluding hydrogens is 255 g/mol. The number of hydrogen-bond acceptors (Lipinski definition) is 2. The molecule has 2 nitrogen and oxygen atoms in total. The number of hydrogen-bond donors (Lipinski definition) is 1. The molecule has 0 aliphatic carbocycles. The maximum absolute atomic E-state index is 12.6. The van der Waals surface area contributed by atoms with Crippen LogP contribution in [0.1, 0.15) is 12.5 Å². The molecule has 1 aliphatic rings. The normalized spacial score (nSPS) is 18.6. The van der Waals surface area contributed by atoms with E-state index in [0.717, 1.165) is 6.07 Å². The molecule has 0 unspecified atom stereocenters. The number of rotatable bonds is 2. The Bertz CT molecular complexity index is 429. The summed E-state index contributed by atoms with van der Waals surface area (Å²) < 4.78 is 43.3. The summed E-state index contributed by atoms with van der Waals surface area (Å²) in [5.41, 5.74) is -1.30. The minimum absolute atomic E-state index is 0.186. The van der Waals surface area contributed by atoms with Crippen molar-refractivity contribution in [2.75, 3.05) is 13.1 Å². The summed E-state index contributed by atoms with van der Waals surface area (Å²) >= 11 is 5.51. The fraction of sp³-hybridized carbons (Fsp3) is 0.455. The highest BCUT2D eigenvalue weighted by molar-refractivity contribution is 6.31. The highest BCUT2D eigenvalue weighted by Gasteiger charge is 2.36. The highest BCUT2D eigenvalue weighted by Crippen LogP contribution is 2.37. The minimum atomic E-state index is -4.46. The molecular formula is C11H11ClF3NO. The first-order chi connectivity index (χ1) is 7.80. The van der Waals surface area contributed by atoms with E-state index in [9.17, 15) is 13.2 Å². The fourth-order valence-electron chi connectivity index (χ4n) is 1.62. The summed E-state index contributed by atoms with van der Waals surface area (Å²) in [6, 6.07) is 3.59. The van der Waals surface area contributed by atoms with Gasteiger partial charge in [-0.1, -0.05) is 11.6 Å². The predicted molar refractivity (Wildman–Crippen MR) is 58.4 cm³/mol. The van der Waals surface area contributed by atoms with Gasteiger partial charge in [0.15, 0.2) is 0 Å². The molecule has 1 aromatic rings. The molecule has 2 rings (SSSR count). The Morgan fingerprint density at radius 3 is 2.47 bits per heavy atom. The number of ether oxygens (including phenoxy) is 1. The van der Waals surface area contributed by atoms with Crippen molar-refractivity contribution in [3.05, 3.63) is 28.8 Å². The van der Waals surface area contributed by atoms with Crippen LogP contribution in [0.3, 0.4) is 0 Å². The SMILES string of the molecule is CC1(Oc2ccc(Cl)c(C(F)(F)F)c2)CNC1. The first-order valence-electron chi connectivity index (χ1n) is 5.07. The van der Waals surface area contributed by atoms with Gasteiger partial charge in [-0.25, -0.2) is 0 Å². The van der Waals surface area contributed by atoms with E-state index >= 15 is 0 Å². The average molecular weight is 266 g/mol. The molecule has 1 saturated heterocycles. The van der Waals surface area contributed by atoms with Gasteiger partial charge in [0.05, 0.1) is 10.6 Å². The number of nitrogens with one attached hydrogen (secondary N) is 1. The summed E-state index contributed by atoms with van der Waals surface area (Å²) in [5.74, 6) is 0.186. The van der Waals surface area contributed by atoms with Crippen LogP contribution in [0.4, 0.5) is 13.2 Å². The predicted octanol–water partition coefficient (Wildman–Crippen LogP) is 3.10. The first-order valence-corrected chi connectivity index (χ1v) is 5.44. The van der Waals surface area contributed by atoms with Crippen molar-refractivity contribution in [3.8, 4) is 5.75 Å². The second-order valence-electron chi connectivity index (χ2n) is 4.29. The van der Waals surface area contributed by atoms with Crippen LogP contribution in [-0.4, -0.2) is 18.7 Å². The topological polar surface area (TPSA) is 21.3 Å². The van der Waals surface area contributed by atoms with E-state index in [1.807, 2.05) is 6.92 Å². The standard InChI is InChI=1S/C11H11ClF3NO/c1-10(5-16-6-10)17-7-2-3-9(12)8(4-7)11(13,14)15/h2-4,16H,5-6H2,1H3. The van der Waals surface area contributed by atoms with Gasteiger partial charge in [-0.15, -0.1) is 0 Å². The van der Waals surface area contributed by atoms with E-state index in [2.05, 4.69) is 5.32 Å². The van der Waals surface area contributed by atoms with Gasteiger partial charge >= 0.3 is 6.18 Å². The van der Waals surface area contributed by atoms with Crippen LogP contribution in [0.2, 0.25) is 5.02 Å². The second-order valence-corrected chi connectivity index (χ2v) is 4.70. The van der Waals surface area contributed by atoms with E-state index in [1.54, 1.807) is 0 Å². The highest BCUT2D eigenvalue weighted by atomic mass is 35.5. The van der Waals surface area contributed by atoms with Gasteiger partial charge in [0, 0.05) is 13.1 Å². The van der Waals surface area contributed by atoms with Gasteiger partial charge in [0.2, 0.25) is 0 Å². The van der Waals surface area contributed by atoms with Crippen LogP contribution in [0.25, 0.3) is 0 Å². The third kappa shape index (κ3) is 2.66. The molecule has 6 heteroatoms. The van der Waals surface area contributed by atoms with E-state index in [4.69, 9.17) is 16.3 Å². The third-order valence-electron chi connectivity index (χ3n) is 2.61. The molecule has 0 spiro atoms. The summed E-state index contributed by atoms with van der Waals surface area (Å²) in [7, 11) is 0. The number of halogens is 4. The van der Waals surface area contributed by atoms with Crippen molar-refractivity contribution >= 4 is 11.6 Å². The summed E-state index contributed by atoms with van der Waals surface area (Å²) in [6.07, 6.45) is -4.46. The van der Waals surface area contributed by atoms with E-state index in [-0.39, 0.29) is 10.8 Å². The fourth-order valence-corrected chi connectivity index (χ4v) is 1.84. The van der Waals surface area contributed by atoms with Crippen molar-refractivity contribution < 1.29 is 17.9 Å². The van der Waals surface area contributed by atoms with E-state index in [1.165, 1.54) is 12.1 Å². The Morgan fingerprint density at radius 1 is 1.35 bits per heavy atom. The molecule has 1 aromatic carbocycles. The lowest BCUT2D eigenvalue weighted by Gasteiger charge is -2.39. The Labute approximate surface area is 102 Å². The molecule has 0 bridgehead atoms. The zero-order chi connectivity index (χ0) is 12.7. The van der Waals surface area contributed by atoms with E-state index < -0.39 is 17.3 Å². The molecule has 94 valence electrons. The summed E-state index contributed by atoms with van der Waals surface area (Å²) in [4.78, 5) is 0. The maximum atomic E-state index is 12.6. The Kier molecular flexibility index (Phi) is 2.99. The molecule has 0 saturated carbocycles. The average Bonchev–Trinajstić information content (AvgIpc) is 2.17. The van der Waals surface area contributed by atoms with Crippen molar-refractivity contribution in [2.24, 2.45) is 0 Å². The molecule has 0 radical (unpaired) electrons. The summed E-state index contributed by atoms with van der Waals surface area (Å²) in [5, 5.41) is 2.69. The smallest absolute Gasteiger partial charge is 0.417 e. The van der Waals surface area contributed by atoms with Crippen LogP contribution in [-0.2, 0) is 6.18 Å². The lowest BCUT2D eigenvalue weighted by molar-refractivity contribution is -0.137. The van der Waals surface area contributed by atoms with Gasteiger partial charge in [-0.3, -0.25) is 0 Å². The monoisotopic (exact) mass is 265 g/mol. The Hall–Kier alpha value is -0.940. The van der Waals surface area contributed by atoms with Crippen LogP contribution in [0.5, 0.6) is 5.75 Å². The number of benzene rings is 1. The zero-order valence-electron chi connectivity index (χ0n) is 9.07. The van der Waals surface area contributed by atoms with Crippen LogP contribution >= 0.6 is 11.6 Å². The van der Waals surface area contributed by atoms with Crippen LogP contribution in [0, 0.1) is 0 Å². The molecule has 0 atom stereocenters. The lowest BCUT2D eigenvalue weighted by Crippen LogP contribution is -2.61. The maximum Gasteiger partial charge on any atom is 0.417 e. The minimum Gasteiger partial charge on any atom is -0.485 e.